The molecule has 0 radical (unpaired) electrons. The molecule has 110 valence electrons. The Bertz CT molecular complexity index is 520. The van der Waals surface area contributed by atoms with Crippen LogP contribution in [0.25, 0.3) is 0 Å². The van der Waals surface area contributed by atoms with Crippen molar-refractivity contribution in [3.8, 4) is 0 Å². The van der Waals surface area contributed by atoms with E-state index in [1.165, 1.54) is 11.8 Å². The molecule has 1 amide bonds. The van der Waals surface area contributed by atoms with Crippen molar-refractivity contribution in [2.75, 3.05) is 6.26 Å². The summed E-state index contributed by atoms with van der Waals surface area (Å²) >= 11 is 1.34. The van der Waals surface area contributed by atoms with Crippen molar-refractivity contribution in [2.45, 2.75) is 44.7 Å². The van der Waals surface area contributed by atoms with E-state index in [9.17, 15) is 9.59 Å². The Hall–Kier alpha value is -1.63. The van der Waals surface area contributed by atoms with Crippen molar-refractivity contribution in [2.24, 2.45) is 0 Å². The van der Waals surface area contributed by atoms with Crippen molar-refractivity contribution in [3.63, 3.8) is 0 Å². The van der Waals surface area contributed by atoms with Gasteiger partial charge in [-0.15, -0.1) is 11.8 Å². The fourth-order valence-corrected chi connectivity index (χ4v) is 2.53. The van der Waals surface area contributed by atoms with Gasteiger partial charge in [-0.1, -0.05) is 13.3 Å². The van der Waals surface area contributed by atoms with E-state index in [0.29, 0.717) is 34.9 Å². The summed E-state index contributed by atoms with van der Waals surface area (Å²) in [5.41, 5.74) is 0.908. The first-order valence-corrected chi connectivity index (χ1v) is 7.56. The third-order valence-electron chi connectivity index (χ3n) is 2.77. The molecule has 6 nitrogen and oxygen atoms in total. The highest BCUT2D eigenvalue weighted by Gasteiger charge is 2.23. The molecule has 0 saturated carbocycles. The Morgan fingerprint density at radius 3 is 2.50 bits per heavy atom. The summed E-state index contributed by atoms with van der Waals surface area (Å²) in [5, 5.41) is 12.2. The molecule has 0 aliphatic heterocycles. The molecule has 0 bridgehead atoms. The fourth-order valence-electron chi connectivity index (χ4n) is 1.87. The molecule has 1 atom stereocenters. The molecule has 1 unspecified atom stereocenters. The van der Waals surface area contributed by atoms with E-state index in [2.05, 4.69) is 15.3 Å². The number of carbonyl (C=O) groups excluding carboxylic acids is 1. The second-order valence-electron chi connectivity index (χ2n) is 4.39. The first-order valence-electron chi connectivity index (χ1n) is 6.33. The highest BCUT2D eigenvalue weighted by atomic mass is 32.2. The van der Waals surface area contributed by atoms with E-state index in [0.717, 1.165) is 0 Å². The maximum atomic E-state index is 12.3. The van der Waals surface area contributed by atoms with Gasteiger partial charge in [0.1, 0.15) is 16.9 Å². The normalized spacial score (nSPS) is 12.0. The van der Waals surface area contributed by atoms with Crippen LogP contribution in [0.5, 0.6) is 0 Å². The van der Waals surface area contributed by atoms with E-state index in [1.807, 2.05) is 13.2 Å². The van der Waals surface area contributed by atoms with E-state index in [-0.39, 0.29) is 0 Å². The van der Waals surface area contributed by atoms with Gasteiger partial charge >= 0.3 is 5.97 Å². The molecule has 1 rings (SSSR count). The van der Waals surface area contributed by atoms with Crippen molar-refractivity contribution in [1.82, 2.24) is 15.3 Å². The van der Waals surface area contributed by atoms with E-state index in [4.69, 9.17) is 5.11 Å². The zero-order chi connectivity index (χ0) is 15.3. The lowest BCUT2D eigenvalue weighted by Gasteiger charge is -2.15. The molecule has 1 heterocycles. The van der Waals surface area contributed by atoms with Crippen molar-refractivity contribution in [3.05, 3.63) is 17.1 Å². The molecular weight excluding hydrogens is 278 g/mol. The highest BCUT2D eigenvalue weighted by molar-refractivity contribution is 7.98. The number of carboxylic acids is 1. The van der Waals surface area contributed by atoms with Gasteiger partial charge in [-0.05, 0) is 26.5 Å². The molecule has 0 aromatic carbocycles. The lowest BCUT2D eigenvalue weighted by molar-refractivity contribution is -0.139. The average Bonchev–Trinajstić information content (AvgIpc) is 2.36. The topological polar surface area (TPSA) is 92.2 Å². The Morgan fingerprint density at radius 2 is 2.00 bits per heavy atom. The van der Waals surface area contributed by atoms with Crippen LogP contribution in [0, 0.1) is 13.8 Å². The van der Waals surface area contributed by atoms with Gasteiger partial charge in [0.2, 0.25) is 0 Å². The number of hydrogen-bond donors (Lipinski definition) is 2. The third-order valence-corrected chi connectivity index (χ3v) is 3.45. The molecule has 2 N–H and O–H groups in total. The van der Waals surface area contributed by atoms with Gasteiger partial charge in [-0.25, -0.2) is 14.8 Å². The first-order chi connectivity index (χ1) is 9.40. The standard InChI is InChI=1S/C13H19N3O3S/c1-5-6-9(13(18)19)16-11(17)10-7(2)14-8(3)15-12(10)20-4/h9H,5-6H2,1-4H3,(H,16,17)(H,18,19). The van der Waals surface area contributed by atoms with Gasteiger partial charge in [-0.3, -0.25) is 4.79 Å². The van der Waals surface area contributed by atoms with Crippen LogP contribution in [0.3, 0.4) is 0 Å². The van der Waals surface area contributed by atoms with E-state index in [1.54, 1.807) is 13.8 Å². The minimum atomic E-state index is -1.03. The van der Waals surface area contributed by atoms with Gasteiger partial charge in [0.25, 0.3) is 5.91 Å². The number of nitrogens with zero attached hydrogens (tertiary/aromatic N) is 2. The largest absolute Gasteiger partial charge is 0.480 e. The predicted octanol–water partition coefficient (Wildman–Crippen LogP) is 1.80. The quantitative estimate of drug-likeness (QED) is 0.614. The Balaban J connectivity index is 3.05. The molecule has 7 heteroatoms. The number of aliphatic carboxylic acids is 1. The number of aryl methyl sites for hydroxylation is 2. The van der Waals surface area contributed by atoms with Crippen LogP contribution >= 0.6 is 11.8 Å². The molecule has 0 aliphatic rings. The predicted molar refractivity (Wildman–Crippen MR) is 77.1 cm³/mol. The fraction of sp³-hybridized carbons (Fsp3) is 0.538. The molecule has 0 aliphatic carbocycles. The van der Waals surface area contributed by atoms with Crippen molar-refractivity contribution in [1.29, 1.82) is 0 Å². The summed E-state index contributed by atoms with van der Waals surface area (Å²) in [7, 11) is 0. The lowest BCUT2D eigenvalue weighted by atomic mass is 10.1. The summed E-state index contributed by atoms with van der Waals surface area (Å²) in [6.07, 6.45) is 2.89. The number of aromatic nitrogens is 2. The first kappa shape index (κ1) is 16.4. The molecule has 1 aromatic heterocycles. The van der Waals surface area contributed by atoms with Crippen LogP contribution in [-0.4, -0.2) is 39.2 Å². The Kier molecular flexibility index (Phi) is 5.94. The summed E-state index contributed by atoms with van der Waals surface area (Å²) in [5.74, 6) is -0.879. The number of nitrogens with one attached hydrogen (secondary N) is 1. The van der Waals surface area contributed by atoms with Crippen molar-refractivity contribution >= 4 is 23.6 Å². The SMILES string of the molecule is CCCC(NC(=O)c1c(C)nc(C)nc1SC)C(=O)O. The van der Waals surface area contributed by atoms with Crippen molar-refractivity contribution < 1.29 is 14.7 Å². The van der Waals surface area contributed by atoms with Crippen LogP contribution in [-0.2, 0) is 4.79 Å². The number of hydrogen-bond acceptors (Lipinski definition) is 5. The number of carboxylic acid groups (broad SMARTS) is 1. The summed E-state index contributed by atoms with van der Waals surface area (Å²) in [6.45, 7) is 5.35. The van der Waals surface area contributed by atoms with Gasteiger partial charge in [-0.2, -0.15) is 0 Å². The number of rotatable bonds is 6. The zero-order valence-electron chi connectivity index (χ0n) is 12.1. The smallest absolute Gasteiger partial charge is 0.326 e. The minimum Gasteiger partial charge on any atom is -0.480 e. The second kappa shape index (κ2) is 7.23. The molecule has 1 aromatic rings. The van der Waals surface area contributed by atoms with Crippen LogP contribution in [0.4, 0.5) is 0 Å². The lowest BCUT2D eigenvalue weighted by Crippen LogP contribution is -2.41. The van der Waals surface area contributed by atoms with Crippen LogP contribution in [0.15, 0.2) is 5.03 Å². The summed E-state index contributed by atoms with van der Waals surface area (Å²) in [6, 6.07) is -0.886. The molecular formula is C13H19N3O3S. The Labute approximate surface area is 122 Å². The van der Waals surface area contributed by atoms with Gasteiger partial charge in [0.15, 0.2) is 0 Å². The van der Waals surface area contributed by atoms with E-state index >= 15 is 0 Å². The van der Waals surface area contributed by atoms with Crippen LogP contribution in [0.2, 0.25) is 0 Å². The van der Waals surface area contributed by atoms with Gasteiger partial charge in [0, 0.05) is 0 Å². The monoisotopic (exact) mass is 297 g/mol. The average molecular weight is 297 g/mol. The Morgan fingerprint density at radius 1 is 1.35 bits per heavy atom. The molecule has 0 fully saturated rings. The minimum absolute atomic E-state index is 0.352. The summed E-state index contributed by atoms with van der Waals surface area (Å²) < 4.78 is 0. The zero-order valence-corrected chi connectivity index (χ0v) is 12.9. The van der Waals surface area contributed by atoms with Crippen LogP contribution in [0.1, 0.15) is 41.6 Å². The second-order valence-corrected chi connectivity index (χ2v) is 5.19. The molecule has 20 heavy (non-hydrogen) atoms. The van der Waals surface area contributed by atoms with Gasteiger partial charge < -0.3 is 10.4 Å². The summed E-state index contributed by atoms with van der Waals surface area (Å²) in [4.78, 5) is 31.8. The third kappa shape index (κ3) is 3.93. The molecule has 0 saturated heterocycles. The van der Waals surface area contributed by atoms with Crippen LogP contribution < -0.4 is 5.32 Å². The van der Waals surface area contributed by atoms with E-state index < -0.39 is 17.9 Å². The van der Waals surface area contributed by atoms with Gasteiger partial charge in [0.05, 0.1) is 11.3 Å². The highest BCUT2D eigenvalue weighted by Crippen LogP contribution is 2.20. The maximum Gasteiger partial charge on any atom is 0.326 e. The molecule has 0 spiro atoms. The number of amides is 1. The number of thioether (sulfide) groups is 1. The maximum absolute atomic E-state index is 12.3. The number of carbonyl (C=O) groups is 2.